The van der Waals surface area contributed by atoms with Crippen molar-refractivity contribution < 1.29 is 59.3 Å². The van der Waals surface area contributed by atoms with Crippen LogP contribution in [-0.2, 0) is 14.9 Å². The summed E-state index contributed by atoms with van der Waals surface area (Å²) in [6.07, 6.45) is -1.16. The van der Waals surface area contributed by atoms with Crippen LogP contribution in [0.5, 0.6) is 0 Å². The van der Waals surface area contributed by atoms with E-state index in [1.54, 1.807) is 0 Å². The van der Waals surface area contributed by atoms with Gasteiger partial charge >= 0.3 is 29.6 Å². The first-order valence-corrected chi connectivity index (χ1v) is 14.3. The van der Waals surface area contributed by atoms with Crippen molar-refractivity contribution in [2.45, 2.75) is 97.4 Å². The fourth-order valence-corrected chi connectivity index (χ4v) is 8.73. The Morgan fingerprint density at radius 2 is 1.88 bits per heavy atom. The van der Waals surface area contributed by atoms with Crippen LogP contribution in [0.2, 0.25) is 0 Å². The normalized spacial score (nSPS) is 49.8. The van der Waals surface area contributed by atoms with Gasteiger partial charge in [0.2, 0.25) is 5.91 Å². The predicted octanol–water partition coefficient (Wildman–Crippen LogP) is 1.09. The molecule has 2 N–H and O–H groups in total. The SMILES string of the molecule is [2H]C1([2H])C[C@@]2(C)[C@H](CC[C@@H]3[C@@H]2CC[C@]2(C)[C@@H]([C@H](C)CCC(=O)NCCS(=O)(=O)[O-])CC[C@@H]32)C([2H])([2H])[C@]1([2H])O.[Na+]. The topological polar surface area (TPSA) is 107 Å². The molecule has 190 valence electrons. The average molecular weight is 511 g/mol. The molecular formula is C26H44NNaO5S. The van der Waals surface area contributed by atoms with Gasteiger partial charge in [0.25, 0.3) is 0 Å². The van der Waals surface area contributed by atoms with Crippen LogP contribution in [0.1, 0.15) is 98.2 Å². The molecule has 4 aliphatic rings. The van der Waals surface area contributed by atoms with Gasteiger partial charge in [-0.3, -0.25) is 4.79 Å². The summed E-state index contributed by atoms with van der Waals surface area (Å²) in [6, 6.07) is 0. The second kappa shape index (κ2) is 11.0. The van der Waals surface area contributed by atoms with Crippen molar-refractivity contribution in [2.24, 2.45) is 46.3 Å². The third-order valence-electron chi connectivity index (χ3n) is 10.1. The quantitative estimate of drug-likeness (QED) is 0.394. The molecule has 4 rings (SSSR count). The van der Waals surface area contributed by atoms with Gasteiger partial charge in [-0.25, -0.2) is 8.42 Å². The maximum Gasteiger partial charge on any atom is 1.00 e. The maximum atomic E-state index is 12.2. The molecular weight excluding hydrogens is 461 g/mol. The molecule has 4 fully saturated rings. The molecule has 6 nitrogen and oxygen atoms in total. The third kappa shape index (κ3) is 5.75. The molecule has 0 aromatic carbocycles. The summed E-state index contributed by atoms with van der Waals surface area (Å²) in [6.45, 7) is 6.38. The van der Waals surface area contributed by atoms with Crippen molar-refractivity contribution in [1.82, 2.24) is 5.32 Å². The van der Waals surface area contributed by atoms with Crippen LogP contribution >= 0.6 is 0 Å². The Morgan fingerprint density at radius 3 is 2.59 bits per heavy atom. The van der Waals surface area contributed by atoms with E-state index in [2.05, 4.69) is 19.2 Å². The number of rotatable bonds is 7. The van der Waals surface area contributed by atoms with E-state index >= 15 is 0 Å². The first-order valence-electron chi connectivity index (χ1n) is 15.2. The van der Waals surface area contributed by atoms with E-state index < -0.39 is 46.0 Å². The van der Waals surface area contributed by atoms with Gasteiger partial charge in [-0.15, -0.1) is 0 Å². The second-order valence-corrected chi connectivity index (χ2v) is 13.2. The molecule has 1 amide bonds. The van der Waals surface area contributed by atoms with Crippen LogP contribution in [0.4, 0.5) is 0 Å². The Labute approximate surface area is 235 Å². The average Bonchev–Trinajstić information content (AvgIpc) is 3.12. The van der Waals surface area contributed by atoms with Crippen molar-refractivity contribution in [3.63, 3.8) is 0 Å². The van der Waals surface area contributed by atoms with E-state index in [-0.39, 0.29) is 66.2 Å². The minimum atomic E-state index is -4.35. The van der Waals surface area contributed by atoms with E-state index in [1.165, 1.54) is 0 Å². The number of hydrogen-bond acceptors (Lipinski definition) is 5. The summed E-state index contributed by atoms with van der Waals surface area (Å²) in [7, 11) is -4.35. The van der Waals surface area contributed by atoms with Gasteiger partial charge in [-0.05, 0) is 110 Å². The van der Waals surface area contributed by atoms with Crippen LogP contribution < -0.4 is 34.9 Å². The fraction of sp³-hybridized carbons (Fsp3) is 0.962. The first-order chi connectivity index (χ1) is 17.3. The molecule has 34 heavy (non-hydrogen) atoms. The standard InChI is InChI=1S/C26H45NO5S.Na/c1-17(4-9-24(29)27-14-15-33(30,31)32)21-7-8-22-20-6-5-18-16-19(28)10-12-25(18,2)23(20)11-13-26(21,22)3;/h17-23,28H,4-16H2,1-3H3,(H,27,29)(H,30,31,32);/q;+1/p-1/t17-,18-,19-,20+,21-,22+,23+,25+,26-;/m1./s1/i10D2,16D2,19D;. The summed E-state index contributed by atoms with van der Waals surface area (Å²) >= 11 is 0. The maximum absolute atomic E-state index is 12.2. The zero-order valence-electron chi connectivity index (χ0n) is 26.2. The van der Waals surface area contributed by atoms with E-state index in [4.69, 9.17) is 6.85 Å². The molecule has 0 saturated heterocycles. The molecule has 0 aliphatic heterocycles. The number of carbonyl (C=O) groups is 1. The molecule has 0 heterocycles. The second-order valence-electron chi connectivity index (χ2n) is 11.7. The van der Waals surface area contributed by atoms with Gasteiger partial charge in [0.15, 0.2) is 0 Å². The van der Waals surface area contributed by atoms with Crippen molar-refractivity contribution in [1.29, 1.82) is 0 Å². The third-order valence-corrected chi connectivity index (χ3v) is 10.8. The Bertz CT molecular complexity index is 1050. The zero-order chi connectivity index (χ0) is 28.5. The van der Waals surface area contributed by atoms with Crippen LogP contribution in [0.25, 0.3) is 0 Å². The van der Waals surface area contributed by atoms with Gasteiger partial charge in [0, 0.05) is 18.4 Å². The van der Waals surface area contributed by atoms with Crippen LogP contribution in [0, 0.1) is 46.3 Å². The van der Waals surface area contributed by atoms with Crippen LogP contribution in [-0.4, -0.2) is 42.4 Å². The van der Waals surface area contributed by atoms with Gasteiger partial charge in [0.1, 0.15) is 0 Å². The number of carbonyl (C=O) groups excluding carboxylic acids is 1. The van der Waals surface area contributed by atoms with Gasteiger partial charge in [-0.1, -0.05) is 20.8 Å². The Morgan fingerprint density at radius 1 is 1.18 bits per heavy atom. The van der Waals surface area contributed by atoms with E-state index in [0.29, 0.717) is 36.5 Å². The van der Waals surface area contributed by atoms with Crippen LogP contribution in [0.15, 0.2) is 0 Å². The van der Waals surface area contributed by atoms with Crippen LogP contribution in [0.3, 0.4) is 0 Å². The summed E-state index contributed by atoms with van der Waals surface area (Å²) in [5.41, 5.74) is -0.538. The summed E-state index contributed by atoms with van der Waals surface area (Å²) in [5, 5.41) is 13.2. The zero-order valence-corrected chi connectivity index (χ0v) is 24.0. The molecule has 4 aliphatic carbocycles. The van der Waals surface area contributed by atoms with Gasteiger partial charge < -0.3 is 15.0 Å². The Hall–Kier alpha value is 0.340. The van der Waals surface area contributed by atoms with Crippen molar-refractivity contribution >= 4 is 16.0 Å². The molecule has 8 heteroatoms. The molecule has 0 aromatic heterocycles. The van der Waals surface area contributed by atoms with Gasteiger partial charge in [0.05, 0.1) is 23.3 Å². The minimum Gasteiger partial charge on any atom is -0.748 e. The molecule has 4 saturated carbocycles. The number of nitrogens with one attached hydrogen (secondary N) is 1. The molecule has 0 radical (unpaired) electrons. The number of aliphatic hydroxyl groups is 1. The monoisotopic (exact) mass is 510 g/mol. The van der Waals surface area contributed by atoms with Crippen molar-refractivity contribution in [3.8, 4) is 0 Å². The van der Waals surface area contributed by atoms with E-state index in [9.17, 15) is 22.9 Å². The summed E-state index contributed by atoms with van der Waals surface area (Å²) < 4.78 is 74.8. The molecule has 0 spiro atoms. The molecule has 9 atom stereocenters. The fourth-order valence-electron chi connectivity index (χ4n) is 8.38. The van der Waals surface area contributed by atoms with E-state index in [1.807, 2.05) is 6.92 Å². The summed E-state index contributed by atoms with van der Waals surface area (Å²) in [4.78, 5) is 12.2. The Balaban J connectivity index is 0.00000420. The Kier molecular flexibility index (Phi) is 7.22. The van der Waals surface area contributed by atoms with E-state index in [0.717, 1.165) is 32.1 Å². The predicted molar refractivity (Wildman–Crippen MR) is 127 cm³/mol. The number of amides is 1. The smallest absolute Gasteiger partial charge is 0.748 e. The minimum absolute atomic E-state index is 0. The molecule has 0 unspecified atom stereocenters. The molecule has 0 bridgehead atoms. The first kappa shape index (κ1) is 22.3. The van der Waals surface area contributed by atoms with Crippen molar-refractivity contribution in [3.05, 3.63) is 0 Å². The number of fused-ring (bicyclic) bond motifs is 5. The van der Waals surface area contributed by atoms with Crippen molar-refractivity contribution in [2.75, 3.05) is 12.3 Å². The largest absolute Gasteiger partial charge is 1.00 e. The summed E-state index contributed by atoms with van der Waals surface area (Å²) in [5.74, 6) is 0.254. The van der Waals surface area contributed by atoms with Gasteiger partial charge in [-0.2, -0.15) is 0 Å². The number of hydrogen-bond donors (Lipinski definition) is 2. The molecule has 0 aromatic rings.